The molecule has 0 amide bonds. The average Bonchev–Trinajstić information content (AvgIpc) is 2.71. The molecule has 0 aromatic carbocycles. The summed E-state index contributed by atoms with van der Waals surface area (Å²) in [6, 6.07) is 7.98. The molecule has 0 aliphatic carbocycles. The van der Waals surface area contributed by atoms with Crippen molar-refractivity contribution in [1.82, 2.24) is 19.9 Å². The van der Waals surface area contributed by atoms with Crippen molar-refractivity contribution >= 4 is 11.2 Å². The van der Waals surface area contributed by atoms with Crippen LogP contribution in [0.2, 0.25) is 0 Å². The fraction of sp³-hybridized carbons (Fsp3) is 0.154. The molecule has 0 spiro atoms. The van der Waals surface area contributed by atoms with Gasteiger partial charge in [-0.1, -0.05) is 0 Å². The second kappa shape index (κ2) is 3.97. The van der Waals surface area contributed by atoms with E-state index in [1.165, 1.54) is 5.56 Å². The topological polar surface area (TPSA) is 54.5 Å². The summed E-state index contributed by atoms with van der Waals surface area (Å²) < 4.78 is 0. The number of nitrogens with one attached hydrogen (secondary N) is 1. The first-order valence-electron chi connectivity index (χ1n) is 5.52. The maximum atomic E-state index is 4.48. The van der Waals surface area contributed by atoms with Crippen LogP contribution in [-0.4, -0.2) is 19.9 Å². The van der Waals surface area contributed by atoms with Crippen molar-refractivity contribution in [2.75, 3.05) is 0 Å². The Balaban J connectivity index is 1.96. The van der Waals surface area contributed by atoms with Crippen LogP contribution in [0.15, 0.2) is 36.7 Å². The zero-order valence-electron chi connectivity index (χ0n) is 9.51. The number of aryl methyl sites for hydroxylation is 1. The van der Waals surface area contributed by atoms with Gasteiger partial charge >= 0.3 is 0 Å². The van der Waals surface area contributed by atoms with E-state index < -0.39 is 0 Å². The van der Waals surface area contributed by atoms with Gasteiger partial charge in [-0.15, -0.1) is 0 Å². The lowest BCUT2D eigenvalue weighted by Crippen LogP contribution is -1.90. The molecular formula is C13H12N4. The standard InChI is InChI=1S/C13H12N4/c1-9-2-3-11-13(15-9)17-12(16-11)8-10-4-6-14-7-5-10/h2-7H,8H2,1H3,(H,15,16,17). The zero-order valence-corrected chi connectivity index (χ0v) is 9.51. The molecule has 0 aliphatic rings. The summed E-state index contributed by atoms with van der Waals surface area (Å²) in [5.41, 5.74) is 3.95. The van der Waals surface area contributed by atoms with E-state index in [0.717, 1.165) is 29.1 Å². The monoisotopic (exact) mass is 224 g/mol. The first-order valence-corrected chi connectivity index (χ1v) is 5.52. The zero-order chi connectivity index (χ0) is 11.7. The Kier molecular flexibility index (Phi) is 2.33. The lowest BCUT2D eigenvalue weighted by atomic mass is 10.2. The Hall–Kier alpha value is -2.23. The number of rotatable bonds is 2. The fourth-order valence-corrected chi connectivity index (χ4v) is 1.81. The first-order chi connectivity index (χ1) is 8.31. The molecule has 3 rings (SSSR count). The highest BCUT2D eigenvalue weighted by Gasteiger charge is 2.04. The molecule has 17 heavy (non-hydrogen) atoms. The molecule has 0 unspecified atom stereocenters. The van der Waals surface area contributed by atoms with E-state index >= 15 is 0 Å². The molecule has 0 fully saturated rings. The first kappa shape index (κ1) is 9.96. The van der Waals surface area contributed by atoms with Crippen molar-refractivity contribution in [3.05, 3.63) is 53.7 Å². The second-order valence-corrected chi connectivity index (χ2v) is 4.04. The molecule has 0 saturated carbocycles. The molecule has 4 heteroatoms. The van der Waals surface area contributed by atoms with E-state index in [9.17, 15) is 0 Å². The Morgan fingerprint density at radius 1 is 1.06 bits per heavy atom. The number of imidazole rings is 1. The second-order valence-electron chi connectivity index (χ2n) is 4.04. The minimum Gasteiger partial charge on any atom is -0.340 e. The third-order valence-corrected chi connectivity index (χ3v) is 2.66. The SMILES string of the molecule is Cc1ccc2[nH]c(Cc3ccncc3)nc2n1. The number of fused-ring (bicyclic) bond motifs is 1. The summed E-state index contributed by atoms with van der Waals surface area (Å²) in [4.78, 5) is 16.1. The summed E-state index contributed by atoms with van der Waals surface area (Å²) in [6.07, 6.45) is 4.36. The van der Waals surface area contributed by atoms with Crippen LogP contribution in [0.25, 0.3) is 11.2 Å². The highest BCUT2D eigenvalue weighted by Crippen LogP contribution is 2.12. The molecule has 3 aromatic rings. The third-order valence-electron chi connectivity index (χ3n) is 2.66. The van der Waals surface area contributed by atoms with Gasteiger partial charge in [-0.05, 0) is 36.8 Å². The molecule has 4 nitrogen and oxygen atoms in total. The van der Waals surface area contributed by atoms with Gasteiger partial charge in [0.05, 0.1) is 5.52 Å². The summed E-state index contributed by atoms with van der Waals surface area (Å²) in [5, 5.41) is 0. The van der Waals surface area contributed by atoms with Crippen LogP contribution in [0, 0.1) is 6.92 Å². The van der Waals surface area contributed by atoms with Crippen molar-refractivity contribution in [1.29, 1.82) is 0 Å². The van der Waals surface area contributed by atoms with Crippen LogP contribution in [0.4, 0.5) is 0 Å². The van der Waals surface area contributed by atoms with Crippen LogP contribution in [0.3, 0.4) is 0 Å². The van der Waals surface area contributed by atoms with Crippen molar-refractivity contribution in [3.8, 4) is 0 Å². The molecule has 3 heterocycles. The minimum atomic E-state index is 0.776. The van der Waals surface area contributed by atoms with Gasteiger partial charge in [0.2, 0.25) is 0 Å². The summed E-state index contributed by atoms with van der Waals surface area (Å²) in [7, 11) is 0. The molecule has 3 aromatic heterocycles. The van der Waals surface area contributed by atoms with Gasteiger partial charge in [-0.2, -0.15) is 0 Å². The number of aromatic amines is 1. The number of hydrogen-bond acceptors (Lipinski definition) is 3. The number of H-pyrrole nitrogens is 1. The molecule has 0 aliphatic heterocycles. The Labute approximate surface area is 98.8 Å². The van der Waals surface area contributed by atoms with Crippen LogP contribution >= 0.6 is 0 Å². The van der Waals surface area contributed by atoms with Crippen molar-refractivity contribution in [3.63, 3.8) is 0 Å². The number of nitrogens with zero attached hydrogens (tertiary/aromatic N) is 3. The quantitative estimate of drug-likeness (QED) is 0.726. The maximum Gasteiger partial charge on any atom is 0.177 e. The average molecular weight is 224 g/mol. The summed E-state index contributed by atoms with van der Waals surface area (Å²) in [5.74, 6) is 0.935. The van der Waals surface area contributed by atoms with Gasteiger partial charge in [0.15, 0.2) is 5.65 Å². The molecule has 0 radical (unpaired) electrons. The van der Waals surface area contributed by atoms with E-state index in [-0.39, 0.29) is 0 Å². The summed E-state index contributed by atoms with van der Waals surface area (Å²) in [6.45, 7) is 1.97. The minimum absolute atomic E-state index is 0.776. The van der Waals surface area contributed by atoms with E-state index in [2.05, 4.69) is 19.9 Å². The van der Waals surface area contributed by atoms with E-state index in [1.807, 2.05) is 31.2 Å². The van der Waals surface area contributed by atoms with Crippen LogP contribution in [0.1, 0.15) is 17.1 Å². The van der Waals surface area contributed by atoms with Gasteiger partial charge in [-0.3, -0.25) is 4.98 Å². The third kappa shape index (κ3) is 2.01. The van der Waals surface area contributed by atoms with Gasteiger partial charge in [0, 0.05) is 24.5 Å². The number of aromatic nitrogens is 4. The van der Waals surface area contributed by atoms with Crippen LogP contribution in [0.5, 0.6) is 0 Å². The van der Waals surface area contributed by atoms with Crippen molar-refractivity contribution < 1.29 is 0 Å². The van der Waals surface area contributed by atoms with Crippen LogP contribution in [-0.2, 0) is 6.42 Å². The lowest BCUT2D eigenvalue weighted by Gasteiger charge is -1.95. The Morgan fingerprint density at radius 2 is 1.88 bits per heavy atom. The molecule has 0 saturated heterocycles. The predicted octanol–water partition coefficient (Wildman–Crippen LogP) is 2.25. The van der Waals surface area contributed by atoms with Gasteiger partial charge in [0.25, 0.3) is 0 Å². The number of pyridine rings is 2. The molecule has 0 atom stereocenters. The Bertz CT molecular complexity index is 643. The molecule has 0 bridgehead atoms. The molecule has 84 valence electrons. The highest BCUT2D eigenvalue weighted by molar-refractivity contribution is 5.70. The normalized spacial score (nSPS) is 10.9. The largest absolute Gasteiger partial charge is 0.340 e. The van der Waals surface area contributed by atoms with E-state index in [0.29, 0.717) is 0 Å². The maximum absolute atomic E-state index is 4.48. The van der Waals surface area contributed by atoms with E-state index in [4.69, 9.17) is 0 Å². The Morgan fingerprint density at radius 3 is 2.71 bits per heavy atom. The van der Waals surface area contributed by atoms with Crippen molar-refractivity contribution in [2.45, 2.75) is 13.3 Å². The fourth-order valence-electron chi connectivity index (χ4n) is 1.81. The van der Waals surface area contributed by atoms with E-state index in [1.54, 1.807) is 12.4 Å². The van der Waals surface area contributed by atoms with Crippen molar-refractivity contribution in [2.24, 2.45) is 0 Å². The molecule has 1 N–H and O–H groups in total. The van der Waals surface area contributed by atoms with Crippen LogP contribution < -0.4 is 0 Å². The lowest BCUT2D eigenvalue weighted by molar-refractivity contribution is 1.03. The molecular weight excluding hydrogens is 212 g/mol. The van der Waals surface area contributed by atoms with Gasteiger partial charge in [-0.25, -0.2) is 9.97 Å². The predicted molar refractivity (Wildman–Crippen MR) is 65.7 cm³/mol. The van der Waals surface area contributed by atoms with Gasteiger partial charge in [0.1, 0.15) is 5.82 Å². The van der Waals surface area contributed by atoms with Gasteiger partial charge < -0.3 is 4.98 Å². The highest BCUT2D eigenvalue weighted by atomic mass is 15.0. The summed E-state index contributed by atoms with van der Waals surface area (Å²) >= 11 is 0. The number of hydrogen-bond donors (Lipinski definition) is 1. The smallest absolute Gasteiger partial charge is 0.177 e.